The monoisotopic (exact) mass is 326 g/mol. The van der Waals surface area contributed by atoms with E-state index in [4.69, 9.17) is 4.74 Å². The summed E-state index contributed by atoms with van der Waals surface area (Å²) in [5.41, 5.74) is 0. The molecule has 1 heterocycles. The fraction of sp³-hybridized carbons (Fsp3) is 0.727. The lowest BCUT2D eigenvalue weighted by atomic mass is 10.4. The zero-order chi connectivity index (χ0) is 15.9. The Morgan fingerprint density at radius 3 is 2.90 bits per heavy atom. The van der Waals surface area contributed by atoms with Gasteiger partial charge in [0.2, 0.25) is 5.91 Å². The molecular formula is C11H17F3N4O2S. The highest BCUT2D eigenvalue weighted by atomic mass is 32.2. The Labute approximate surface area is 124 Å². The molecule has 0 saturated heterocycles. The third kappa shape index (κ3) is 6.80. The molecule has 0 radical (unpaired) electrons. The number of thioether (sulfide) groups is 1. The molecule has 0 aliphatic carbocycles. The number of carbonyl (C=O) groups is 1. The molecule has 0 fully saturated rings. The fourth-order valence-corrected chi connectivity index (χ4v) is 2.29. The van der Waals surface area contributed by atoms with Crippen molar-refractivity contribution in [1.82, 2.24) is 20.1 Å². The second kappa shape index (κ2) is 8.23. The Hall–Kier alpha value is -1.29. The van der Waals surface area contributed by atoms with Crippen LogP contribution in [0.4, 0.5) is 13.2 Å². The number of aryl methyl sites for hydroxylation is 1. The van der Waals surface area contributed by atoms with Crippen LogP contribution in [0.2, 0.25) is 0 Å². The number of ether oxygens (including phenoxy) is 1. The fourth-order valence-electron chi connectivity index (χ4n) is 1.41. The number of nitrogens with zero attached hydrogens (tertiary/aromatic N) is 3. The lowest BCUT2D eigenvalue weighted by Gasteiger charge is -2.13. The summed E-state index contributed by atoms with van der Waals surface area (Å²) in [5.74, 6) is -0.691. The molecule has 0 saturated carbocycles. The van der Waals surface area contributed by atoms with E-state index in [2.05, 4.69) is 10.2 Å². The molecule has 1 aromatic rings. The number of hydrogen-bond acceptors (Lipinski definition) is 5. The van der Waals surface area contributed by atoms with Crippen molar-refractivity contribution in [3.63, 3.8) is 0 Å². The van der Waals surface area contributed by atoms with Gasteiger partial charge in [-0.3, -0.25) is 4.79 Å². The third-order valence-electron chi connectivity index (χ3n) is 2.44. The van der Waals surface area contributed by atoms with Gasteiger partial charge in [-0.2, -0.15) is 13.2 Å². The second-order valence-electron chi connectivity index (χ2n) is 4.25. The zero-order valence-electron chi connectivity index (χ0n) is 11.7. The van der Waals surface area contributed by atoms with Crippen molar-refractivity contribution in [2.75, 3.05) is 20.3 Å². The molecule has 1 atom stereocenters. The lowest BCUT2D eigenvalue weighted by Crippen LogP contribution is -2.38. The Morgan fingerprint density at radius 2 is 2.29 bits per heavy atom. The summed E-state index contributed by atoms with van der Waals surface area (Å²) in [7, 11) is 1.59. The van der Waals surface area contributed by atoms with E-state index < -0.39 is 23.9 Å². The summed E-state index contributed by atoms with van der Waals surface area (Å²) < 4.78 is 42.8. The van der Waals surface area contributed by atoms with Crippen molar-refractivity contribution in [2.45, 2.75) is 36.5 Å². The number of rotatable bonds is 8. The standard InChI is InChI=1S/C11H17F3N4O2S/c1-8(9(19)15-6-11(12,13)14)21-10-17-16-7-18(10)4-3-5-20-2/h7-8H,3-6H2,1-2H3,(H,15,19). The van der Waals surface area contributed by atoms with E-state index in [0.717, 1.165) is 18.2 Å². The molecule has 1 rings (SSSR count). The highest BCUT2D eigenvalue weighted by molar-refractivity contribution is 8.00. The first kappa shape index (κ1) is 17.8. The second-order valence-corrected chi connectivity index (χ2v) is 5.55. The van der Waals surface area contributed by atoms with E-state index in [1.807, 2.05) is 5.32 Å². The molecule has 1 unspecified atom stereocenters. The summed E-state index contributed by atoms with van der Waals surface area (Å²) in [4.78, 5) is 11.6. The van der Waals surface area contributed by atoms with Crippen LogP contribution < -0.4 is 5.32 Å². The number of halogens is 3. The smallest absolute Gasteiger partial charge is 0.385 e. The van der Waals surface area contributed by atoms with E-state index in [0.29, 0.717) is 18.3 Å². The van der Waals surface area contributed by atoms with Crippen LogP contribution >= 0.6 is 11.8 Å². The van der Waals surface area contributed by atoms with Gasteiger partial charge in [-0.25, -0.2) is 0 Å². The van der Waals surface area contributed by atoms with Gasteiger partial charge in [0.15, 0.2) is 5.16 Å². The molecular weight excluding hydrogens is 309 g/mol. The van der Waals surface area contributed by atoms with Crippen molar-refractivity contribution in [2.24, 2.45) is 0 Å². The highest BCUT2D eigenvalue weighted by Gasteiger charge is 2.29. The van der Waals surface area contributed by atoms with E-state index >= 15 is 0 Å². The molecule has 21 heavy (non-hydrogen) atoms. The molecule has 0 bridgehead atoms. The Balaban J connectivity index is 2.48. The maximum Gasteiger partial charge on any atom is 0.405 e. The van der Waals surface area contributed by atoms with Crippen LogP contribution in [0.25, 0.3) is 0 Å². The normalized spacial score (nSPS) is 13.2. The molecule has 10 heteroatoms. The van der Waals surface area contributed by atoms with Gasteiger partial charge in [0.1, 0.15) is 12.9 Å². The SMILES string of the molecule is COCCCn1cnnc1SC(C)C(=O)NCC(F)(F)F. The molecule has 1 amide bonds. The molecule has 1 aromatic heterocycles. The molecule has 1 N–H and O–H groups in total. The van der Waals surface area contributed by atoms with Crippen molar-refractivity contribution in [3.05, 3.63) is 6.33 Å². The zero-order valence-corrected chi connectivity index (χ0v) is 12.5. The van der Waals surface area contributed by atoms with Crippen molar-refractivity contribution in [1.29, 1.82) is 0 Å². The average molecular weight is 326 g/mol. The van der Waals surface area contributed by atoms with Gasteiger partial charge < -0.3 is 14.6 Å². The molecule has 0 aliphatic heterocycles. The van der Waals surface area contributed by atoms with Gasteiger partial charge in [0.05, 0.1) is 5.25 Å². The minimum absolute atomic E-state index is 0.487. The average Bonchev–Trinajstić information content (AvgIpc) is 2.83. The number of nitrogens with one attached hydrogen (secondary N) is 1. The van der Waals surface area contributed by atoms with E-state index in [1.54, 1.807) is 11.7 Å². The first-order chi connectivity index (χ1) is 9.83. The predicted octanol–water partition coefficient (Wildman–Crippen LogP) is 1.47. The van der Waals surface area contributed by atoms with Gasteiger partial charge >= 0.3 is 6.18 Å². The molecule has 6 nitrogen and oxygen atoms in total. The van der Waals surface area contributed by atoms with Crippen molar-refractivity contribution < 1.29 is 22.7 Å². The van der Waals surface area contributed by atoms with Crippen LogP contribution in [-0.4, -0.2) is 52.4 Å². The maximum absolute atomic E-state index is 12.0. The molecule has 0 aliphatic rings. The van der Waals surface area contributed by atoms with Gasteiger partial charge in [0, 0.05) is 20.3 Å². The number of hydrogen-bond donors (Lipinski definition) is 1. The Morgan fingerprint density at radius 1 is 1.57 bits per heavy atom. The summed E-state index contributed by atoms with van der Waals surface area (Å²) in [6, 6.07) is 0. The first-order valence-corrected chi connectivity index (χ1v) is 7.09. The number of amides is 1. The van der Waals surface area contributed by atoms with Crippen LogP contribution in [0, 0.1) is 0 Å². The topological polar surface area (TPSA) is 69.0 Å². The lowest BCUT2D eigenvalue weighted by molar-refractivity contribution is -0.137. The number of alkyl halides is 3. The minimum Gasteiger partial charge on any atom is -0.385 e. The van der Waals surface area contributed by atoms with Crippen molar-refractivity contribution >= 4 is 17.7 Å². The molecule has 120 valence electrons. The van der Waals surface area contributed by atoms with E-state index in [-0.39, 0.29) is 0 Å². The Bertz CT molecular complexity index is 453. The van der Waals surface area contributed by atoms with Crippen molar-refractivity contribution in [3.8, 4) is 0 Å². The molecule has 0 aromatic carbocycles. The predicted molar refractivity (Wildman–Crippen MR) is 70.9 cm³/mol. The van der Waals surface area contributed by atoms with Gasteiger partial charge in [-0.05, 0) is 13.3 Å². The third-order valence-corrected chi connectivity index (χ3v) is 3.54. The van der Waals surface area contributed by atoms with Crippen LogP contribution in [0.5, 0.6) is 0 Å². The van der Waals surface area contributed by atoms with Gasteiger partial charge in [-0.1, -0.05) is 11.8 Å². The first-order valence-electron chi connectivity index (χ1n) is 6.21. The van der Waals surface area contributed by atoms with Crippen LogP contribution in [0.1, 0.15) is 13.3 Å². The number of methoxy groups -OCH3 is 1. The van der Waals surface area contributed by atoms with Crippen LogP contribution in [0.3, 0.4) is 0 Å². The summed E-state index contributed by atoms with van der Waals surface area (Å²) in [6.45, 7) is 1.37. The summed E-state index contributed by atoms with van der Waals surface area (Å²) in [6.07, 6.45) is -2.16. The largest absolute Gasteiger partial charge is 0.405 e. The van der Waals surface area contributed by atoms with Crippen LogP contribution in [-0.2, 0) is 16.1 Å². The van der Waals surface area contributed by atoms with Gasteiger partial charge in [0.25, 0.3) is 0 Å². The molecule has 0 spiro atoms. The Kier molecular flexibility index (Phi) is 6.96. The minimum atomic E-state index is -4.42. The quantitative estimate of drug-likeness (QED) is 0.579. The summed E-state index contributed by atoms with van der Waals surface area (Å²) in [5, 5.41) is 9.23. The number of carbonyl (C=O) groups excluding carboxylic acids is 1. The number of aromatic nitrogens is 3. The van der Waals surface area contributed by atoms with E-state index in [9.17, 15) is 18.0 Å². The van der Waals surface area contributed by atoms with E-state index in [1.165, 1.54) is 13.3 Å². The maximum atomic E-state index is 12.0. The van der Waals surface area contributed by atoms with Crippen LogP contribution in [0.15, 0.2) is 11.5 Å². The van der Waals surface area contributed by atoms with Gasteiger partial charge in [-0.15, -0.1) is 10.2 Å². The highest BCUT2D eigenvalue weighted by Crippen LogP contribution is 2.21. The summed E-state index contributed by atoms with van der Waals surface area (Å²) >= 11 is 1.06.